The van der Waals surface area contributed by atoms with Crippen molar-refractivity contribution in [3.8, 4) is 0 Å². The molecule has 112 valence electrons. The Morgan fingerprint density at radius 1 is 1.52 bits per heavy atom. The molecule has 0 spiro atoms. The average Bonchev–Trinajstić information content (AvgIpc) is 2.75. The number of likely N-dealkylation sites (tertiary alicyclic amines) is 1. The van der Waals surface area contributed by atoms with E-state index in [1.165, 1.54) is 11.3 Å². The molecule has 0 radical (unpaired) electrons. The quantitative estimate of drug-likeness (QED) is 0.811. The Morgan fingerprint density at radius 2 is 2.29 bits per heavy atom. The van der Waals surface area contributed by atoms with Gasteiger partial charge < -0.3 is 15.7 Å². The van der Waals surface area contributed by atoms with E-state index in [2.05, 4.69) is 15.9 Å². The molecule has 4 nitrogen and oxygen atoms in total. The van der Waals surface area contributed by atoms with Gasteiger partial charge in [-0.2, -0.15) is 0 Å². The highest BCUT2D eigenvalue weighted by Crippen LogP contribution is 2.39. The van der Waals surface area contributed by atoms with Crippen LogP contribution in [-0.4, -0.2) is 34.6 Å². The molecule has 1 aliphatic rings. The highest BCUT2D eigenvalue weighted by molar-refractivity contribution is 9.10. The van der Waals surface area contributed by atoms with Crippen LogP contribution >= 0.6 is 27.3 Å². The molecule has 1 amide bonds. The molecule has 0 saturated carbocycles. The summed E-state index contributed by atoms with van der Waals surface area (Å²) >= 11 is 4.90. The second kappa shape index (κ2) is 5.26. The lowest BCUT2D eigenvalue weighted by atomic mass is 9.95. The van der Waals surface area contributed by atoms with E-state index < -0.39 is 5.60 Å². The maximum absolute atomic E-state index is 12.7. The highest BCUT2D eigenvalue weighted by Gasteiger charge is 2.33. The average molecular weight is 369 g/mol. The van der Waals surface area contributed by atoms with Crippen molar-refractivity contribution in [3.63, 3.8) is 0 Å². The molecule has 3 N–H and O–H groups in total. The molecular weight excluding hydrogens is 352 g/mol. The van der Waals surface area contributed by atoms with Crippen LogP contribution in [0.15, 0.2) is 22.7 Å². The molecule has 0 bridgehead atoms. The first-order valence-corrected chi connectivity index (χ1v) is 8.48. The molecule has 1 fully saturated rings. The number of carbonyl (C=O) groups is 1. The fourth-order valence-electron chi connectivity index (χ4n) is 2.83. The predicted molar refractivity (Wildman–Crippen MR) is 89.7 cm³/mol. The largest absolute Gasteiger partial charge is 0.397 e. The van der Waals surface area contributed by atoms with Gasteiger partial charge in [-0.15, -0.1) is 11.3 Å². The number of amides is 1. The third-order valence-electron chi connectivity index (χ3n) is 3.86. The van der Waals surface area contributed by atoms with Gasteiger partial charge in [0.2, 0.25) is 0 Å². The number of hydrogen-bond acceptors (Lipinski definition) is 4. The van der Waals surface area contributed by atoms with Crippen LogP contribution in [-0.2, 0) is 0 Å². The van der Waals surface area contributed by atoms with Crippen molar-refractivity contribution in [3.05, 3.63) is 27.5 Å². The maximum atomic E-state index is 12.7. The summed E-state index contributed by atoms with van der Waals surface area (Å²) in [7, 11) is 0. The number of nitrogen functional groups attached to an aromatic ring is 1. The van der Waals surface area contributed by atoms with Crippen LogP contribution in [0.5, 0.6) is 0 Å². The molecule has 1 saturated heterocycles. The van der Waals surface area contributed by atoms with Crippen LogP contribution in [0.4, 0.5) is 5.69 Å². The van der Waals surface area contributed by atoms with Crippen molar-refractivity contribution in [2.24, 2.45) is 0 Å². The fraction of sp³-hybridized carbons (Fsp3) is 0.400. The number of thiophene rings is 1. The van der Waals surface area contributed by atoms with Gasteiger partial charge in [-0.1, -0.05) is 22.0 Å². The lowest BCUT2D eigenvalue weighted by Crippen LogP contribution is -2.48. The summed E-state index contributed by atoms with van der Waals surface area (Å²) in [5.74, 6) is -0.0828. The molecule has 1 aliphatic heterocycles. The Labute approximate surface area is 135 Å². The lowest BCUT2D eigenvalue weighted by Gasteiger charge is -2.36. The molecule has 1 atom stereocenters. The maximum Gasteiger partial charge on any atom is 0.266 e. The minimum Gasteiger partial charge on any atom is -0.397 e. The van der Waals surface area contributed by atoms with E-state index >= 15 is 0 Å². The number of benzene rings is 1. The third-order valence-corrected chi connectivity index (χ3v) is 5.68. The Bertz CT molecular complexity index is 711. The second-order valence-electron chi connectivity index (χ2n) is 5.79. The first kappa shape index (κ1) is 14.8. The van der Waals surface area contributed by atoms with E-state index in [0.717, 1.165) is 27.4 Å². The minimum absolute atomic E-state index is 0.0828. The van der Waals surface area contributed by atoms with E-state index in [1.54, 1.807) is 11.8 Å². The summed E-state index contributed by atoms with van der Waals surface area (Å²) in [5.41, 5.74) is 5.91. The van der Waals surface area contributed by atoms with Gasteiger partial charge in [-0.05, 0) is 31.9 Å². The van der Waals surface area contributed by atoms with Gasteiger partial charge in [-0.25, -0.2) is 0 Å². The number of piperidine rings is 1. The summed E-state index contributed by atoms with van der Waals surface area (Å²) in [6.45, 7) is 2.81. The number of halogens is 1. The van der Waals surface area contributed by atoms with E-state index in [0.29, 0.717) is 23.7 Å². The molecule has 1 aromatic carbocycles. The standard InChI is InChI=1S/C15H17BrN2O2S/c1-15(20)6-3-7-18(8-15)14(19)13-12(17)11-9(16)4-2-5-10(11)21-13/h2,4-5,20H,3,6-8,17H2,1H3. The number of aliphatic hydroxyl groups is 1. The zero-order valence-corrected chi connectivity index (χ0v) is 14.1. The van der Waals surface area contributed by atoms with Gasteiger partial charge in [0, 0.05) is 27.6 Å². The van der Waals surface area contributed by atoms with E-state index in [-0.39, 0.29) is 5.91 Å². The van der Waals surface area contributed by atoms with E-state index in [4.69, 9.17) is 5.73 Å². The second-order valence-corrected chi connectivity index (χ2v) is 7.69. The lowest BCUT2D eigenvalue weighted by molar-refractivity contribution is -0.0105. The highest BCUT2D eigenvalue weighted by atomic mass is 79.9. The number of carbonyl (C=O) groups excluding carboxylic acids is 1. The smallest absolute Gasteiger partial charge is 0.266 e. The summed E-state index contributed by atoms with van der Waals surface area (Å²) in [6.07, 6.45) is 1.54. The van der Waals surface area contributed by atoms with Gasteiger partial charge in [0.1, 0.15) is 4.88 Å². The van der Waals surface area contributed by atoms with E-state index in [1.807, 2.05) is 18.2 Å². The summed E-state index contributed by atoms with van der Waals surface area (Å²) in [6, 6.07) is 5.82. The predicted octanol–water partition coefficient (Wildman–Crippen LogP) is 3.23. The first-order chi connectivity index (χ1) is 9.89. The Morgan fingerprint density at radius 3 is 2.95 bits per heavy atom. The zero-order chi connectivity index (χ0) is 15.2. The van der Waals surface area contributed by atoms with Gasteiger partial charge in [0.05, 0.1) is 11.3 Å². The van der Waals surface area contributed by atoms with Crippen LogP contribution in [0.3, 0.4) is 0 Å². The molecule has 0 aliphatic carbocycles. The Balaban J connectivity index is 1.99. The first-order valence-electron chi connectivity index (χ1n) is 6.87. The number of anilines is 1. The van der Waals surface area contributed by atoms with Crippen molar-refractivity contribution < 1.29 is 9.90 Å². The molecule has 1 unspecified atom stereocenters. The summed E-state index contributed by atoms with van der Waals surface area (Å²) in [4.78, 5) is 15.0. The Kier molecular flexibility index (Phi) is 3.71. The number of nitrogens with zero attached hydrogens (tertiary/aromatic N) is 1. The third kappa shape index (κ3) is 2.67. The topological polar surface area (TPSA) is 66.6 Å². The van der Waals surface area contributed by atoms with Crippen molar-refractivity contribution in [2.45, 2.75) is 25.4 Å². The molecule has 2 aromatic rings. The molecule has 21 heavy (non-hydrogen) atoms. The van der Waals surface area contributed by atoms with Crippen molar-refractivity contribution >= 4 is 48.9 Å². The molecule has 3 rings (SSSR count). The van der Waals surface area contributed by atoms with Crippen LogP contribution in [0.1, 0.15) is 29.4 Å². The van der Waals surface area contributed by atoms with Crippen LogP contribution < -0.4 is 5.73 Å². The van der Waals surface area contributed by atoms with Gasteiger partial charge >= 0.3 is 0 Å². The van der Waals surface area contributed by atoms with Crippen LogP contribution in [0, 0.1) is 0 Å². The van der Waals surface area contributed by atoms with Crippen LogP contribution in [0.25, 0.3) is 10.1 Å². The number of nitrogens with two attached hydrogens (primary N) is 1. The van der Waals surface area contributed by atoms with Gasteiger partial charge in [-0.3, -0.25) is 4.79 Å². The minimum atomic E-state index is -0.806. The van der Waals surface area contributed by atoms with Crippen LogP contribution in [0.2, 0.25) is 0 Å². The van der Waals surface area contributed by atoms with Crippen molar-refractivity contribution in [1.82, 2.24) is 4.90 Å². The van der Waals surface area contributed by atoms with Gasteiger partial charge in [0.25, 0.3) is 5.91 Å². The summed E-state index contributed by atoms with van der Waals surface area (Å²) < 4.78 is 1.90. The SMILES string of the molecule is CC1(O)CCCN(C(=O)c2sc3cccc(Br)c3c2N)C1. The molecular formula is C15H17BrN2O2S. The number of fused-ring (bicyclic) bond motifs is 1. The fourth-order valence-corrected chi connectivity index (χ4v) is 4.65. The van der Waals surface area contributed by atoms with E-state index in [9.17, 15) is 9.90 Å². The van der Waals surface area contributed by atoms with Crippen molar-refractivity contribution in [1.29, 1.82) is 0 Å². The number of hydrogen-bond donors (Lipinski definition) is 2. The molecule has 1 aromatic heterocycles. The Hall–Kier alpha value is -1.11. The van der Waals surface area contributed by atoms with Crippen molar-refractivity contribution in [2.75, 3.05) is 18.8 Å². The number of rotatable bonds is 1. The normalized spacial score (nSPS) is 22.7. The summed E-state index contributed by atoms with van der Waals surface area (Å²) in [5, 5.41) is 11.1. The monoisotopic (exact) mass is 368 g/mol. The van der Waals surface area contributed by atoms with Gasteiger partial charge in [0.15, 0.2) is 0 Å². The molecule has 6 heteroatoms. The zero-order valence-electron chi connectivity index (χ0n) is 11.7. The number of β-amino-alcohol motifs (C(OH)–C–C–N with tert-alkyl or cyclic N) is 1. The molecule has 2 heterocycles.